The summed E-state index contributed by atoms with van der Waals surface area (Å²) >= 11 is 5.91. The van der Waals surface area contributed by atoms with Crippen molar-refractivity contribution in [1.29, 1.82) is 0 Å². The molecule has 0 spiro atoms. The fraction of sp³-hybridized carbons (Fsp3) is 0.167. The zero-order chi connectivity index (χ0) is 10.1. The van der Waals surface area contributed by atoms with Gasteiger partial charge >= 0.3 is 0 Å². The molecule has 0 aromatic heterocycles. The van der Waals surface area contributed by atoms with Gasteiger partial charge in [-0.2, -0.15) is 0 Å². The summed E-state index contributed by atoms with van der Waals surface area (Å²) in [5.41, 5.74) is 1.21. The first kappa shape index (κ1) is 9.35. The normalized spacial score (nSPS) is 10.5. The average molecular weight is 206 g/mol. The highest BCUT2D eigenvalue weighted by molar-refractivity contribution is 6.31. The van der Waals surface area contributed by atoms with Crippen LogP contribution >= 0.6 is 11.6 Å². The topological polar surface area (TPSA) is 3.24 Å². The molecule has 0 aliphatic rings. The minimum atomic E-state index is 0.787. The fourth-order valence-electron chi connectivity index (χ4n) is 1.48. The van der Waals surface area contributed by atoms with E-state index in [1.54, 1.807) is 0 Å². The van der Waals surface area contributed by atoms with E-state index in [1.807, 2.05) is 32.3 Å². The summed E-state index contributed by atoms with van der Waals surface area (Å²) in [6.07, 6.45) is 0. The van der Waals surface area contributed by atoms with E-state index in [1.165, 1.54) is 16.5 Å². The Kier molecular flexibility index (Phi) is 2.34. The van der Waals surface area contributed by atoms with Crippen LogP contribution in [0.25, 0.3) is 10.8 Å². The van der Waals surface area contributed by atoms with E-state index in [-0.39, 0.29) is 0 Å². The van der Waals surface area contributed by atoms with Gasteiger partial charge in [0.25, 0.3) is 0 Å². The van der Waals surface area contributed by atoms with Crippen molar-refractivity contribution < 1.29 is 0 Å². The molecule has 2 heteroatoms. The highest BCUT2D eigenvalue weighted by Crippen LogP contribution is 2.23. The third-order valence-corrected chi connectivity index (χ3v) is 2.54. The van der Waals surface area contributed by atoms with Crippen LogP contribution in [0.1, 0.15) is 0 Å². The Labute approximate surface area is 88.9 Å². The van der Waals surface area contributed by atoms with E-state index in [9.17, 15) is 0 Å². The zero-order valence-electron chi connectivity index (χ0n) is 8.29. The number of hydrogen-bond acceptors (Lipinski definition) is 1. The van der Waals surface area contributed by atoms with Crippen molar-refractivity contribution in [2.45, 2.75) is 0 Å². The summed E-state index contributed by atoms with van der Waals surface area (Å²) < 4.78 is 0. The van der Waals surface area contributed by atoms with Gasteiger partial charge in [-0.05, 0) is 35.0 Å². The predicted molar refractivity (Wildman–Crippen MR) is 63.3 cm³/mol. The number of nitrogens with zero attached hydrogens (tertiary/aromatic N) is 1. The maximum Gasteiger partial charge on any atom is 0.0412 e. The number of halogens is 1. The molecule has 0 unspecified atom stereocenters. The number of fused-ring (bicyclic) bond motifs is 1. The molecule has 0 saturated carbocycles. The van der Waals surface area contributed by atoms with Gasteiger partial charge in [-0.15, -0.1) is 0 Å². The average Bonchev–Trinajstić information content (AvgIpc) is 2.16. The molecule has 0 aliphatic carbocycles. The summed E-state index contributed by atoms with van der Waals surface area (Å²) in [5, 5.41) is 3.19. The Morgan fingerprint density at radius 3 is 2.29 bits per heavy atom. The van der Waals surface area contributed by atoms with E-state index in [2.05, 4.69) is 23.1 Å². The van der Waals surface area contributed by atoms with Crippen LogP contribution in [0.2, 0.25) is 5.02 Å². The van der Waals surface area contributed by atoms with Crippen molar-refractivity contribution in [3.8, 4) is 0 Å². The van der Waals surface area contributed by atoms with Gasteiger partial charge < -0.3 is 4.90 Å². The number of benzene rings is 2. The largest absolute Gasteiger partial charge is 0.378 e. The molecule has 14 heavy (non-hydrogen) atoms. The van der Waals surface area contributed by atoms with Crippen molar-refractivity contribution in [1.82, 2.24) is 0 Å². The maximum atomic E-state index is 5.91. The van der Waals surface area contributed by atoms with Gasteiger partial charge in [0.05, 0.1) is 0 Å². The first-order valence-corrected chi connectivity index (χ1v) is 4.91. The Morgan fingerprint density at radius 2 is 1.57 bits per heavy atom. The molecule has 0 saturated heterocycles. The zero-order valence-corrected chi connectivity index (χ0v) is 9.05. The van der Waals surface area contributed by atoms with Gasteiger partial charge in [0.15, 0.2) is 0 Å². The molecule has 2 rings (SSSR count). The van der Waals surface area contributed by atoms with Crippen molar-refractivity contribution in [2.24, 2.45) is 0 Å². The highest BCUT2D eigenvalue weighted by atomic mass is 35.5. The smallest absolute Gasteiger partial charge is 0.0412 e. The number of hydrogen-bond donors (Lipinski definition) is 0. The first-order valence-electron chi connectivity index (χ1n) is 4.53. The number of anilines is 1. The quantitative estimate of drug-likeness (QED) is 0.688. The minimum absolute atomic E-state index is 0.787. The Bertz CT molecular complexity index is 463. The standard InChI is InChI=1S/C12H12ClN/c1-14(2)12-6-4-9-7-11(13)5-3-10(9)8-12/h3-8H,1-2H3. The Hall–Kier alpha value is -1.21. The van der Waals surface area contributed by atoms with Crippen LogP contribution < -0.4 is 4.90 Å². The Balaban J connectivity index is 2.62. The van der Waals surface area contributed by atoms with Crippen molar-refractivity contribution in [3.63, 3.8) is 0 Å². The van der Waals surface area contributed by atoms with Gasteiger partial charge in [0, 0.05) is 24.8 Å². The fourth-order valence-corrected chi connectivity index (χ4v) is 1.66. The van der Waals surface area contributed by atoms with Crippen molar-refractivity contribution in [2.75, 3.05) is 19.0 Å². The molecule has 0 bridgehead atoms. The van der Waals surface area contributed by atoms with Crippen molar-refractivity contribution >= 4 is 28.1 Å². The van der Waals surface area contributed by atoms with E-state index in [0.717, 1.165) is 5.02 Å². The molecule has 2 aromatic carbocycles. The summed E-state index contributed by atoms with van der Waals surface area (Å²) in [7, 11) is 4.08. The third kappa shape index (κ3) is 1.68. The van der Waals surface area contributed by atoms with E-state index < -0.39 is 0 Å². The molecule has 0 amide bonds. The van der Waals surface area contributed by atoms with Crippen LogP contribution in [0.3, 0.4) is 0 Å². The van der Waals surface area contributed by atoms with Gasteiger partial charge in [-0.1, -0.05) is 23.7 Å². The van der Waals surface area contributed by atoms with Crippen LogP contribution in [0.4, 0.5) is 5.69 Å². The molecule has 0 radical (unpaired) electrons. The molecule has 0 aliphatic heterocycles. The van der Waals surface area contributed by atoms with Crippen molar-refractivity contribution in [3.05, 3.63) is 41.4 Å². The second kappa shape index (κ2) is 3.50. The summed E-state index contributed by atoms with van der Waals surface area (Å²) in [5.74, 6) is 0. The van der Waals surface area contributed by atoms with Gasteiger partial charge in [0.1, 0.15) is 0 Å². The first-order chi connectivity index (χ1) is 6.66. The molecule has 1 nitrogen and oxygen atoms in total. The monoisotopic (exact) mass is 205 g/mol. The maximum absolute atomic E-state index is 5.91. The SMILES string of the molecule is CN(C)c1ccc2cc(Cl)ccc2c1. The minimum Gasteiger partial charge on any atom is -0.378 e. The predicted octanol–water partition coefficient (Wildman–Crippen LogP) is 3.56. The lowest BCUT2D eigenvalue weighted by Gasteiger charge is -2.12. The van der Waals surface area contributed by atoms with E-state index in [0.29, 0.717) is 0 Å². The Morgan fingerprint density at radius 1 is 0.929 bits per heavy atom. The number of rotatable bonds is 1. The van der Waals surface area contributed by atoms with Crippen LogP contribution in [-0.2, 0) is 0 Å². The third-order valence-electron chi connectivity index (χ3n) is 2.30. The van der Waals surface area contributed by atoms with Gasteiger partial charge in [-0.3, -0.25) is 0 Å². The van der Waals surface area contributed by atoms with Crippen LogP contribution in [0.5, 0.6) is 0 Å². The van der Waals surface area contributed by atoms with Gasteiger partial charge in [-0.25, -0.2) is 0 Å². The molecular formula is C12H12ClN. The second-order valence-corrected chi connectivity index (χ2v) is 4.01. The lowest BCUT2D eigenvalue weighted by atomic mass is 10.1. The second-order valence-electron chi connectivity index (χ2n) is 3.57. The lowest BCUT2D eigenvalue weighted by Crippen LogP contribution is -2.07. The molecule has 0 heterocycles. The van der Waals surface area contributed by atoms with Gasteiger partial charge in [0.2, 0.25) is 0 Å². The van der Waals surface area contributed by atoms with Crippen LogP contribution in [0.15, 0.2) is 36.4 Å². The molecule has 0 fully saturated rings. The molecule has 0 atom stereocenters. The summed E-state index contributed by atoms with van der Waals surface area (Å²) in [6.45, 7) is 0. The molecule has 2 aromatic rings. The van der Waals surface area contributed by atoms with Crippen LogP contribution in [0, 0.1) is 0 Å². The van der Waals surface area contributed by atoms with Crippen LogP contribution in [-0.4, -0.2) is 14.1 Å². The molecular weight excluding hydrogens is 194 g/mol. The highest BCUT2D eigenvalue weighted by Gasteiger charge is 1.98. The van der Waals surface area contributed by atoms with E-state index in [4.69, 9.17) is 11.6 Å². The molecule has 72 valence electrons. The summed E-state index contributed by atoms with van der Waals surface area (Å²) in [4.78, 5) is 2.09. The molecule has 0 N–H and O–H groups in total. The lowest BCUT2D eigenvalue weighted by molar-refractivity contribution is 1.14. The van der Waals surface area contributed by atoms with E-state index >= 15 is 0 Å². The summed E-state index contributed by atoms with van der Waals surface area (Å²) in [6, 6.07) is 12.3.